The van der Waals surface area contributed by atoms with Crippen molar-refractivity contribution in [2.45, 2.75) is 31.8 Å². The third-order valence-corrected chi connectivity index (χ3v) is 4.14. The quantitative estimate of drug-likeness (QED) is 0.284. The van der Waals surface area contributed by atoms with Crippen LogP contribution in [-0.4, -0.2) is 78.4 Å². The molecule has 0 aliphatic carbocycles. The minimum absolute atomic E-state index is 0.0259. The van der Waals surface area contributed by atoms with E-state index in [0.29, 0.717) is 19.7 Å². The Balaban J connectivity index is 1.80. The monoisotopic (exact) mass is 299 g/mol. The lowest BCUT2D eigenvalue weighted by atomic mass is 10.1. The topological polar surface area (TPSA) is 103 Å². The van der Waals surface area contributed by atoms with E-state index in [1.807, 2.05) is 11.8 Å². The van der Waals surface area contributed by atoms with Gasteiger partial charge in [0.2, 0.25) is 0 Å². The third kappa shape index (κ3) is 3.98. The highest BCUT2D eigenvalue weighted by Crippen LogP contribution is 2.11. The Labute approximate surface area is 124 Å². The largest absolute Gasteiger partial charge is 0.409 e. The number of amidine groups is 1. The number of nitrogens with one attached hydrogen (secondary N) is 1. The number of nitrogens with two attached hydrogens (primary N) is 1. The van der Waals surface area contributed by atoms with Crippen LogP contribution in [0.4, 0.5) is 4.79 Å². The molecule has 0 saturated carbocycles. The Morgan fingerprint density at radius 2 is 2.19 bits per heavy atom. The molecule has 2 fully saturated rings. The van der Waals surface area contributed by atoms with Crippen molar-refractivity contribution >= 4 is 11.9 Å². The smallest absolute Gasteiger partial charge is 0.317 e. The second-order valence-electron chi connectivity index (χ2n) is 5.48. The van der Waals surface area contributed by atoms with E-state index in [-0.39, 0.29) is 24.0 Å². The Kier molecular flexibility index (Phi) is 5.63. The molecule has 0 spiro atoms. The van der Waals surface area contributed by atoms with Crippen molar-refractivity contribution in [2.75, 3.05) is 39.4 Å². The number of amides is 2. The first-order valence-corrected chi connectivity index (χ1v) is 7.50. The van der Waals surface area contributed by atoms with Crippen molar-refractivity contribution in [1.29, 1.82) is 0 Å². The second kappa shape index (κ2) is 7.46. The summed E-state index contributed by atoms with van der Waals surface area (Å²) in [6.45, 7) is 6.07. The van der Waals surface area contributed by atoms with E-state index in [9.17, 15) is 4.79 Å². The van der Waals surface area contributed by atoms with Gasteiger partial charge in [-0.1, -0.05) is 12.1 Å². The van der Waals surface area contributed by atoms with Gasteiger partial charge in [0.1, 0.15) is 0 Å². The molecule has 4 N–H and O–H groups in total. The van der Waals surface area contributed by atoms with E-state index in [4.69, 9.17) is 15.7 Å². The van der Waals surface area contributed by atoms with Crippen molar-refractivity contribution < 1.29 is 14.7 Å². The zero-order valence-corrected chi connectivity index (χ0v) is 12.5. The summed E-state index contributed by atoms with van der Waals surface area (Å²) in [7, 11) is 0. The molecule has 2 heterocycles. The highest BCUT2D eigenvalue weighted by molar-refractivity contribution is 5.85. The lowest BCUT2D eigenvalue weighted by molar-refractivity contribution is 0.121. The van der Waals surface area contributed by atoms with Gasteiger partial charge < -0.3 is 25.9 Å². The lowest BCUT2D eigenvalue weighted by Crippen LogP contribution is -2.57. The van der Waals surface area contributed by atoms with Crippen LogP contribution in [0.1, 0.15) is 19.8 Å². The fraction of sp³-hybridized carbons (Fsp3) is 0.846. The predicted molar refractivity (Wildman–Crippen MR) is 78.4 cm³/mol. The number of nitrogens with zero attached hydrogens (tertiary/aromatic N) is 3. The molecule has 0 aromatic heterocycles. The molecule has 2 amide bonds. The van der Waals surface area contributed by atoms with Crippen molar-refractivity contribution in [3.8, 4) is 0 Å². The van der Waals surface area contributed by atoms with Crippen molar-refractivity contribution in [3.63, 3.8) is 0 Å². The van der Waals surface area contributed by atoms with Crippen molar-refractivity contribution in [1.82, 2.24) is 15.1 Å². The maximum absolute atomic E-state index is 12.1. The fourth-order valence-electron chi connectivity index (χ4n) is 2.87. The highest BCUT2D eigenvalue weighted by Gasteiger charge is 2.28. The fourth-order valence-corrected chi connectivity index (χ4v) is 2.87. The number of rotatable bonds is 4. The van der Waals surface area contributed by atoms with Gasteiger partial charge in [0.05, 0.1) is 18.7 Å². The maximum Gasteiger partial charge on any atom is 0.317 e. The van der Waals surface area contributed by atoms with Crippen molar-refractivity contribution in [2.24, 2.45) is 10.9 Å². The van der Waals surface area contributed by atoms with Gasteiger partial charge in [-0.15, -0.1) is 0 Å². The molecule has 120 valence electrons. The summed E-state index contributed by atoms with van der Waals surface area (Å²) >= 11 is 0. The number of piperazine rings is 1. The molecular formula is C13H25N5O3. The lowest BCUT2D eigenvalue weighted by Gasteiger charge is -2.38. The molecule has 8 heteroatoms. The van der Waals surface area contributed by atoms with E-state index in [0.717, 1.165) is 32.5 Å². The van der Waals surface area contributed by atoms with Crippen LogP contribution in [0, 0.1) is 0 Å². The molecule has 2 atom stereocenters. The molecule has 0 aromatic carbocycles. The van der Waals surface area contributed by atoms with Crippen LogP contribution in [0.5, 0.6) is 0 Å². The molecule has 21 heavy (non-hydrogen) atoms. The normalized spacial score (nSPS) is 25.9. The minimum atomic E-state index is -0.0663. The van der Waals surface area contributed by atoms with Crippen LogP contribution in [0.15, 0.2) is 5.16 Å². The van der Waals surface area contributed by atoms with E-state index in [1.165, 1.54) is 0 Å². The van der Waals surface area contributed by atoms with E-state index < -0.39 is 0 Å². The molecule has 2 unspecified atom stereocenters. The first kappa shape index (κ1) is 15.8. The molecule has 0 radical (unpaired) electrons. The van der Waals surface area contributed by atoms with Crippen LogP contribution in [0.2, 0.25) is 0 Å². The standard InChI is InChI=1S/C13H25N5O3/c1-2-11(12(14)16-20)17-4-6-18(7-5-17)13(19)15-10-3-8-21-9-10/h10-11,20H,2-9H2,1H3,(H2,14,16)(H,15,19). The van der Waals surface area contributed by atoms with Gasteiger partial charge in [0, 0.05) is 32.8 Å². The SMILES string of the molecule is CCC(C(N)=NO)N1CCN(C(=O)NC2CCOC2)CC1. The summed E-state index contributed by atoms with van der Waals surface area (Å²) < 4.78 is 5.25. The van der Waals surface area contributed by atoms with Crippen LogP contribution in [0.3, 0.4) is 0 Å². The molecular weight excluding hydrogens is 274 g/mol. The Bertz CT molecular complexity index is 376. The number of carbonyl (C=O) groups is 1. The van der Waals surface area contributed by atoms with Crippen LogP contribution in [-0.2, 0) is 4.74 Å². The number of ether oxygens (including phenoxy) is 1. The highest BCUT2D eigenvalue weighted by atomic mass is 16.5. The number of oxime groups is 1. The van der Waals surface area contributed by atoms with Crippen LogP contribution < -0.4 is 11.1 Å². The second-order valence-corrected chi connectivity index (χ2v) is 5.48. The van der Waals surface area contributed by atoms with Gasteiger partial charge in [-0.2, -0.15) is 0 Å². The van der Waals surface area contributed by atoms with Crippen molar-refractivity contribution in [3.05, 3.63) is 0 Å². The zero-order valence-electron chi connectivity index (χ0n) is 12.5. The Hall–Kier alpha value is -1.54. The van der Waals surface area contributed by atoms with Gasteiger partial charge in [0.25, 0.3) is 0 Å². The van der Waals surface area contributed by atoms with E-state index in [1.54, 1.807) is 0 Å². The summed E-state index contributed by atoms with van der Waals surface area (Å²) in [5.41, 5.74) is 5.71. The molecule has 8 nitrogen and oxygen atoms in total. The Morgan fingerprint density at radius 1 is 1.48 bits per heavy atom. The number of hydrogen-bond acceptors (Lipinski definition) is 5. The number of hydrogen-bond donors (Lipinski definition) is 3. The average molecular weight is 299 g/mol. The van der Waals surface area contributed by atoms with Crippen LogP contribution >= 0.6 is 0 Å². The first-order valence-electron chi connectivity index (χ1n) is 7.50. The molecule has 0 bridgehead atoms. The molecule has 2 aliphatic rings. The molecule has 2 aliphatic heterocycles. The summed E-state index contributed by atoms with van der Waals surface area (Å²) in [6, 6.07) is 0.0431. The summed E-state index contributed by atoms with van der Waals surface area (Å²) in [5, 5.41) is 14.9. The average Bonchev–Trinajstić information content (AvgIpc) is 3.01. The summed E-state index contributed by atoms with van der Waals surface area (Å²) in [5.74, 6) is 0.235. The Morgan fingerprint density at radius 3 is 2.71 bits per heavy atom. The van der Waals surface area contributed by atoms with E-state index in [2.05, 4.69) is 15.4 Å². The molecule has 0 aromatic rings. The number of carbonyl (C=O) groups excluding carboxylic acids is 1. The van der Waals surface area contributed by atoms with Gasteiger partial charge in [-0.05, 0) is 12.8 Å². The first-order chi connectivity index (χ1) is 10.2. The third-order valence-electron chi connectivity index (χ3n) is 4.14. The maximum atomic E-state index is 12.1. The van der Waals surface area contributed by atoms with Gasteiger partial charge >= 0.3 is 6.03 Å². The van der Waals surface area contributed by atoms with Gasteiger partial charge in [0.15, 0.2) is 5.84 Å². The van der Waals surface area contributed by atoms with E-state index >= 15 is 0 Å². The zero-order chi connectivity index (χ0) is 15.2. The minimum Gasteiger partial charge on any atom is -0.409 e. The van der Waals surface area contributed by atoms with Gasteiger partial charge in [-0.3, -0.25) is 4.90 Å². The van der Waals surface area contributed by atoms with Gasteiger partial charge in [-0.25, -0.2) is 4.79 Å². The molecule has 2 rings (SSSR count). The number of urea groups is 1. The molecule has 2 saturated heterocycles. The summed E-state index contributed by atoms with van der Waals surface area (Å²) in [4.78, 5) is 16.1. The summed E-state index contributed by atoms with van der Waals surface area (Å²) in [6.07, 6.45) is 1.66. The van der Waals surface area contributed by atoms with Crippen LogP contribution in [0.25, 0.3) is 0 Å². The predicted octanol–water partition coefficient (Wildman–Crippen LogP) is -0.372.